The minimum Gasteiger partial charge on any atom is -0.497 e. The van der Waals surface area contributed by atoms with Gasteiger partial charge in [0.2, 0.25) is 0 Å². The Bertz CT molecular complexity index is 1190. The highest BCUT2D eigenvalue weighted by atomic mass is 16.5. The van der Waals surface area contributed by atoms with Crippen LogP contribution in [0.4, 0.5) is 0 Å². The molecule has 6 heteroatoms. The van der Waals surface area contributed by atoms with Gasteiger partial charge in [0.05, 0.1) is 27.4 Å². The van der Waals surface area contributed by atoms with Crippen molar-refractivity contribution in [1.82, 2.24) is 10.6 Å². The average molecular weight is 489 g/mol. The maximum Gasteiger partial charge on any atom is 0.252 e. The van der Waals surface area contributed by atoms with E-state index in [1.165, 1.54) is 5.56 Å². The molecule has 1 saturated heterocycles. The van der Waals surface area contributed by atoms with Crippen molar-refractivity contribution in [3.63, 3.8) is 0 Å². The van der Waals surface area contributed by atoms with Crippen LogP contribution in [-0.2, 0) is 5.41 Å². The molecule has 1 aliphatic rings. The summed E-state index contributed by atoms with van der Waals surface area (Å²) in [5.41, 5.74) is 3.63. The Balaban J connectivity index is 1.69. The lowest BCUT2D eigenvalue weighted by Gasteiger charge is -2.41. The highest BCUT2D eigenvalue weighted by molar-refractivity contribution is 5.95. The smallest absolute Gasteiger partial charge is 0.252 e. The van der Waals surface area contributed by atoms with Gasteiger partial charge in [-0.05, 0) is 78.4 Å². The summed E-state index contributed by atoms with van der Waals surface area (Å²) in [4.78, 5) is 13.7. The number of ether oxygens (including phenoxy) is 3. The number of carbonyl (C=O) groups excluding carboxylic acids is 1. The van der Waals surface area contributed by atoms with Crippen LogP contribution < -0.4 is 24.8 Å². The molecule has 3 unspecified atom stereocenters. The summed E-state index contributed by atoms with van der Waals surface area (Å²) in [5.74, 6) is 2.41. The van der Waals surface area contributed by atoms with E-state index in [1.54, 1.807) is 21.3 Å². The van der Waals surface area contributed by atoms with E-state index in [2.05, 4.69) is 30.5 Å². The molecule has 0 saturated carbocycles. The summed E-state index contributed by atoms with van der Waals surface area (Å²) in [6, 6.07) is 21.0. The van der Waals surface area contributed by atoms with Gasteiger partial charge in [-0.1, -0.05) is 38.1 Å². The number of benzene rings is 3. The molecule has 3 aromatic rings. The van der Waals surface area contributed by atoms with Crippen molar-refractivity contribution in [3.8, 4) is 17.2 Å². The Labute approximate surface area is 214 Å². The van der Waals surface area contributed by atoms with Crippen molar-refractivity contribution in [1.29, 1.82) is 0 Å². The number of piperidine rings is 1. The fraction of sp³-hybridized carbons (Fsp3) is 0.367. The largest absolute Gasteiger partial charge is 0.497 e. The van der Waals surface area contributed by atoms with Crippen molar-refractivity contribution in [2.24, 2.45) is 5.92 Å². The Morgan fingerprint density at radius 3 is 2.36 bits per heavy atom. The quantitative estimate of drug-likeness (QED) is 0.461. The number of carbonyl (C=O) groups is 1. The number of rotatable bonds is 8. The predicted molar refractivity (Wildman–Crippen MR) is 142 cm³/mol. The van der Waals surface area contributed by atoms with Crippen LogP contribution in [0.2, 0.25) is 0 Å². The molecule has 0 bridgehead atoms. The molecule has 6 nitrogen and oxygen atoms in total. The van der Waals surface area contributed by atoms with Crippen molar-refractivity contribution in [2.45, 2.75) is 31.7 Å². The Kier molecular flexibility index (Phi) is 7.85. The second-order valence-corrected chi connectivity index (χ2v) is 9.64. The van der Waals surface area contributed by atoms with Gasteiger partial charge in [-0.2, -0.15) is 0 Å². The monoisotopic (exact) mass is 488 g/mol. The topological polar surface area (TPSA) is 68.8 Å². The first-order valence-corrected chi connectivity index (χ1v) is 12.4. The molecular formula is C30H36N2O4. The first-order chi connectivity index (χ1) is 17.4. The fourth-order valence-electron chi connectivity index (χ4n) is 4.99. The third-order valence-corrected chi connectivity index (χ3v) is 7.62. The number of hydrogen-bond donors (Lipinski definition) is 2. The van der Waals surface area contributed by atoms with Crippen LogP contribution in [0.1, 0.15) is 53.4 Å². The molecule has 1 aliphatic heterocycles. The Hall–Kier alpha value is -3.51. The van der Waals surface area contributed by atoms with E-state index in [4.69, 9.17) is 14.2 Å². The number of nitrogens with one attached hydrogen (secondary N) is 2. The van der Waals surface area contributed by atoms with Gasteiger partial charge in [-0.25, -0.2) is 0 Å². The minimum absolute atomic E-state index is 0.0239. The maximum atomic E-state index is 13.7. The van der Waals surface area contributed by atoms with Gasteiger partial charge in [-0.15, -0.1) is 0 Å². The first kappa shape index (κ1) is 25.6. The van der Waals surface area contributed by atoms with Gasteiger partial charge in [0.15, 0.2) is 0 Å². The SMILES string of the molecule is COc1ccc(C(NC(=O)c2cccc(C3(C)CCNCC3C)c2)c2ccc(OC)cc2OC)cc1. The minimum atomic E-state index is -0.429. The third kappa shape index (κ3) is 5.19. The summed E-state index contributed by atoms with van der Waals surface area (Å²) in [5, 5.41) is 6.73. The molecular weight excluding hydrogens is 452 g/mol. The summed E-state index contributed by atoms with van der Waals surface area (Å²) in [6.45, 7) is 6.53. The lowest BCUT2D eigenvalue weighted by Crippen LogP contribution is -2.45. The standard InChI is InChI=1S/C30H36N2O4/c1-20-19-31-16-15-30(20,2)23-8-6-7-22(17-23)29(33)32-28(21-9-11-24(34-3)12-10-21)26-14-13-25(35-4)18-27(26)36-5/h6-14,17-18,20,28,31H,15-16,19H2,1-5H3,(H,32,33). The van der Waals surface area contributed by atoms with Crippen LogP contribution >= 0.6 is 0 Å². The molecule has 190 valence electrons. The highest BCUT2D eigenvalue weighted by Crippen LogP contribution is 2.38. The average Bonchev–Trinajstić information content (AvgIpc) is 2.93. The molecule has 1 fully saturated rings. The van der Waals surface area contributed by atoms with Crippen LogP contribution in [0.25, 0.3) is 0 Å². The zero-order valence-electron chi connectivity index (χ0n) is 21.8. The van der Waals surface area contributed by atoms with Crippen LogP contribution in [0.3, 0.4) is 0 Å². The van der Waals surface area contributed by atoms with Crippen molar-refractivity contribution in [3.05, 3.63) is 89.0 Å². The Morgan fingerprint density at radius 2 is 1.69 bits per heavy atom. The van der Waals surface area contributed by atoms with Crippen molar-refractivity contribution >= 4 is 5.91 Å². The lowest BCUT2D eigenvalue weighted by molar-refractivity contribution is 0.0942. The highest BCUT2D eigenvalue weighted by Gasteiger charge is 2.35. The Morgan fingerprint density at radius 1 is 0.972 bits per heavy atom. The number of hydrogen-bond acceptors (Lipinski definition) is 5. The summed E-state index contributed by atoms with van der Waals surface area (Å²) in [7, 11) is 4.88. The zero-order valence-corrected chi connectivity index (χ0v) is 21.8. The lowest BCUT2D eigenvalue weighted by atomic mass is 9.68. The van der Waals surface area contributed by atoms with E-state index in [9.17, 15) is 4.79 Å². The van der Waals surface area contributed by atoms with Gasteiger partial charge >= 0.3 is 0 Å². The second kappa shape index (κ2) is 11.0. The van der Waals surface area contributed by atoms with Gasteiger partial charge in [0, 0.05) is 17.2 Å². The van der Waals surface area contributed by atoms with E-state index in [-0.39, 0.29) is 11.3 Å². The number of amides is 1. The van der Waals surface area contributed by atoms with Crippen LogP contribution in [0.5, 0.6) is 17.2 Å². The molecule has 2 N–H and O–H groups in total. The van der Waals surface area contributed by atoms with Crippen molar-refractivity contribution < 1.29 is 19.0 Å². The zero-order chi connectivity index (χ0) is 25.7. The van der Waals surface area contributed by atoms with Crippen molar-refractivity contribution in [2.75, 3.05) is 34.4 Å². The van der Waals surface area contributed by atoms with Crippen LogP contribution in [0, 0.1) is 5.92 Å². The maximum absolute atomic E-state index is 13.7. The molecule has 36 heavy (non-hydrogen) atoms. The van der Waals surface area contributed by atoms with E-state index < -0.39 is 6.04 Å². The summed E-state index contributed by atoms with van der Waals surface area (Å²) >= 11 is 0. The number of methoxy groups -OCH3 is 3. The molecule has 4 rings (SSSR count). The van der Waals surface area contributed by atoms with E-state index in [0.717, 1.165) is 36.4 Å². The normalized spacial score (nSPS) is 20.3. The van der Waals surface area contributed by atoms with Gasteiger partial charge in [-0.3, -0.25) is 4.79 Å². The molecule has 0 radical (unpaired) electrons. The van der Waals surface area contributed by atoms with Crippen LogP contribution in [0.15, 0.2) is 66.7 Å². The van der Waals surface area contributed by atoms with Crippen LogP contribution in [-0.4, -0.2) is 40.3 Å². The van der Waals surface area contributed by atoms with E-state index in [1.807, 2.05) is 60.7 Å². The molecule has 0 aromatic heterocycles. The third-order valence-electron chi connectivity index (χ3n) is 7.62. The predicted octanol–water partition coefficient (Wildman–Crippen LogP) is 5.12. The first-order valence-electron chi connectivity index (χ1n) is 12.4. The van der Waals surface area contributed by atoms with Gasteiger partial charge < -0.3 is 24.8 Å². The molecule has 1 amide bonds. The molecule has 3 aromatic carbocycles. The molecule has 3 atom stereocenters. The fourth-order valence-corrected chi connectivity index (χ4v) is 4.99. The second-order valence-electron chi connectivity index (χ2n) is 9.64. The molecule has 0 aliphatic carbocycles. The van der Waals surface area contributed by atoms with E-state index >= 15 is 0 Å². The van der Waals surface area contributed by atoms with E-state index in [0.29, 0.717) is 23.0 Å². The molecule has 1 heterocycles. The van der Waals surface area contributed by atoms with Gasteiger partial charge in [0.25, 0.3) is 5.91 Å². The van der Waals surface area contributed by atoms with Gasteiger partial charge in [0.1, 0.15) is 17.2 Å². The summed E-state index contributed by atoms with van der Waals surface area (Å²) in [6.07, 6.45) is 1.04. The molecule has 0 spiro atoms. The summed E-state index contributed by atoms with van der Waals surface area (Å²) < 4.78 is 16.4.